The van der Waals surface area contributed by atoms with Crippen molar-refractivity contribution in [3.8, 4) is 0 Å². The number of pyridine rings is 1. The third-order valence-electron chi connectivity index (χ3n) is 1.64. The van der Waals surface area contributed by atoms with Gasteiger partial charge >= 0.3 is 0 Å². The molecule has 0 amide bonds. The molecule has 0 N–H and O–H groups in total. The molecule has 2 heterocycles. The molecular weight excluding hydrogens is 126 g/mol. The van der Waals surface area contributed by atoms with E-state index in [1.165, 1.54) is 5.56 Å². The first-order chi connectivity index (χ1) is 4.86. The smallest absolute Gasteiger partial charge is 0.107 e. The zero-order valence-electron chi connectivity index (χ0n) is 5.87. The largest absolute Gasteiger partial charge is 0.368 e. The van der Waals surface area contributed by atoms with Crippen molar-refractivity contribution in [3.63, 3.8) is 0 Å². The third-order valence-corrected chi connectivity index (χ3v) is 1.64. The number of nitrogens with zero attached hydrogens (tertiary/aromatic N) is 1. The van der Waals surface area contributed by atoms with Crippen molar-refractivity contribution in [2.45, 2.75) is 13.0 Å². The van der Waals surface area contributed by atoms with Crippen LogP contribution in [-0.2, 0) is 4.74 Å². The SMILES string of the molecule is Cc1ccc([C@H]2CO2)cn1. The van der Waals surface area contributed by atoms with Crippen LogP contribution >= 0.6 is 0 Å². The molecule has 1 aliphatic heterocycles. The van der Waals surface area contributed by atoms with E-state index in [1.54, 1.807) is 0 Å². The van der Waals surface area contributed by atoms with E-state index in [-0.39, 0.29) is 0 Å². The highest BCUT2D eigenvalue weighted by Gasteiger charge is 2.24. The zero-order chi connectivity index (χ0) is 6.97. The van der Waals surface area contributed by atoms with Crippen molar-refractivity contribution < 1.29 is 4.74 Å². The molecule has 0 spiro atoms. The van der Waals surface area contributed by atoms with Crippen LogP contribution in [0.4, 0.5) is 0 Å². The van der Waals surface area contributed by atoms with Crippen LogP contribution in [0.5, 0.6) is 0 Å². The lowest BCUT2D eigenvalue weighted by Crippen LogP contribution is -1.84. The van der Waals surface area contributed by atoms with Gasteiger partial charge in [0.15, 0.2) is 0 Å². The summed E-state index contributed by atoms with van der Waals surface area (Å²) in [4.78, 5) is 4.16. The Morgan fingerprint density at radius 1 is 1.60 bits per heavy atom. The fourth-order valence-electron chi connectivity index (χ4n) is 0.910. The normalized spacial score (nSPS) is 22.7. The van der Waals surface area contributed by atoms with Crippen LogP contribution < -0.4 is 0 Å². The fourth-order valence-corrected chi connectivity index (χ4v) is 0.910. The maximum Gasteiger partial charge on any atom is 0.107 e. The minimum Gasteiger partial charge on any atom is -0.368 e. The molecule has 0 radical (unpaired) electrons. The highest BCUT2D eigenvalue weighted by Crippen LogP contribution is 2.28. The minimum absolute atomic E-state index is 0.341. The molecule has 0 saturated carbocycles. The predicted molar refractivity (Wildman–Crippen MR) is 37.7 cm³/mol. The molecule has 1 atom stereocenters. The van der Waals surface area contributed by atoms with Crippen LogP contribution in [0.25, 0.3) is 0 Å². The molecule has 0 aliphatic carbocycles. The first-order valence-electron chi connectivity index (χ1n) is 3.40. The summed E-state index contributed by atoms with van der Waals surface area (Å²) in [5, 5.41) is 0. The third kappa shape index (κ3) is 1.02. The summed E-state index contributed by atoms with van der Waals surface area (Å²) in [5.74, 6) is 0. The van der Waals surface area contributed by atoms with E-state index in [0.717, 1.165) is 12.3 Å². The van der Waals surface area contributed by atoms with Gasteiger partial charge in [-0.3, -0.25) is 4.98 Å². The van der Waals surface area contributed by atoms with Crippen LogP contribution in [0, 0.1) is 6.92 Å². The van der Waals surface area contributed by atoms with E-state index in [4.69, 9.17) is 4.74 Å². The number of epoxide rings is 1. The number of rotatable bonds is 1. The van der Waals surface area contributed by atoms with E-state index in [9.17, 15) is 0 Å². The fraction of sp³-hybridized carbons (Fsp3) is 0.375. The molecule has 1 aromatic rings. The average molecular weight is 135 g/mol. The Bertz CT molecular complexity index is 226. The number of aryl methyl sites for hydroxylation is 1. The van der Waals surface area contributed by atoms with E-state index >= 15 is 0 Å². The van der Waals surface area contributed by atoms with Crippen LogP contribution in [0.3, 0.4) is 0 Å². The first kappa shape index (κ1) is 5.86. The molecule has 10 heavy (non-hydrogen) atoms. The van der Waals surface area contributed by atoms with Gasteiger partial charge in [-0.1, -0.05) is 6.07 Å². The lowest BCUT2D eigenvalue weighted by atomic mass is 10.2. The predicted octanol–water partition coefficient (Wildman–Crippen LogP) is 1.46. The molecular formula is C8H9NO. The molecule has 1 aliphatic rings. The van der Waals surface area contributed by atoms with Gasteiger partial charge in [-0.25, -0.2) is 0 Å². The Labute approximate surface area is 59.9 Å². The molecule has 2 heteroatoms. The highest BCUT2D eigenvalue weighted by atomic mass is 16.6. The second-order valence-corrected chi connectivity index (χ2v) is 2.55. The summed E-state index contributed by atoms with van der Waals surface area (Å²) < 4.78 is 5.09. The number of ether oxygens (including phenoxy) is 1. The van der Waals surface area contributed by atoms with Gasteiger partial charge < -0.3 is 4.74 Å². The first-order valence-corrected chi connectivity index (χ1v) is 3.40. The van der Waals surface area contributed by atoms with Crippen molar-refractivity contribution >= 4 is 0 Å². The summed E-state index contributed by atoms with van der Waals surface area (Å²) in [7, 11) is 0. The summed E-state index contributed by atoms with van der Waals surface area (Å²) >= 11 is 0. The molecule has 0 bridgehead atoms. The quantitative estimate of drug-likeness (QED) is 0.545. The summed E-state index contributed by atoms with van der Waals surface area (Å²) in [5.41, 5.74) is 2.26. The van der Waals surface area contributed by atoms with Gasteiger partial charge in [0.2, 0.25) is 0 Å². The van der Waals surface area contributed by atoms with Crippen LogP contribution in [0.2, 0.25) is 0 Å². The average Bonchev–Trinajstić information content (AvgIpc) is 2.71. The van der Waals surface area contributed by atoms with Crippen LogP contribution in [-0.4, -0.2) is 11.6 Å². The molecule has 52 valence electrons. The summed E-state index contributed by atoms with van der Waals surface area (Å²) in [6, 6.07) is 4.08. The van der Waals surface area contributed by atoms with Crippen molar-refractivity contribution in [1.29, 1.82) is 0 Å². The zero-order valence-corrected chi connectivity index (χ0v) is 5.87. The van der Waals surface area contributed by atoms with E-state index in [0.29, 0.717) is 6.10 Å². The maximum absolute atomic E-state index is 5.09. The maximum atomic E-state index is 5.09. The van der Waals surface area contributed by atoms with Gasteiger partial charge in [0.25, 0.3) is 0 Å². The Morgan fingerprint density at radius 3 is 2.90 bits per heavy atom. The van der Waals surface area contributed by atoms with Gasteiger partial charge in [0.1, 0.15) is 6.10 Å². The molecule has 2 nitrogen and oxygen atoms in total. The van der Waals surface area contributed by atoms with Gasteiger partial charge in [0, 0.05) is 17.5 Å². The standard InChI is InChI=1S/C8H9NO/c1-6-2-3-7(4-9-6)8-5-10-8/h2-4,8H,5H2,1H3/t8-/m1/s1. The molecule has 1 aromatic heterocycles. The summed E-state index contributed by atoms with van der Waals surface area (Å²) in [6.45, 7) is 2.85. The van der Waals surface area contributed by atoms with Crippen molar-refractivity contribution in [3.05, 3.63) is 29.6 Å². The van der Waals surface area contributed by atoms with Gasteiger partial charge in [-0.2, -0.15) is 0 Å². The Balaban J connectivity index is 2.28. The number of aromatic nitrogens is 1. The molecule has 1 fully saturated rings. The van der Waals surface area contributed by atoms with Crippen LogP contribution in [0.15, 0.2) is 18.3 Å². The highest BCUT2D eigenvalue weighted by molar-refractivity contribution is 5.18. The van der Waals surface area contributed by atoms with Gasteiger partial charge in [-0.05, 0) is 13.0 Å². The molecule has 0 aromatic carbocycles. The van der Waals surface area contributed by atoms with Gasteiger partial charge in [0.05, 0.1) is 6.61 Å². The van der Waals surface area contributed by atoms with Crippen molar-refractivity contribution in [2.24, 2.45) is 0 Å². The monoisotopic (exact) mass is 135 g/mol. The number of hydrogen-bond acceptors (Lipinski definition) is 2. The molecule has 0 unspecified atom stereocenters. The van der Waals surface area contributed by atoms with E-state index in [2.05, 4.69) is 11.1 Å². The topological polar surface area (TPSA) is 25.4 Å². The van der Waals surface area contributed by atoms with Gasteiger partial charge in [-0.15, -0.1) is 0 Å². The molecule has 2 rings (SSSR count). The Morgan fingerprint density at radius 2 is 2.40 bits per heavy atom. The van der Waals surface area contributed by atoms with Crippen molar-refractivity contribution in [2.75, 3.05) is 6.61 Å². The van der Waals surface area contributed by atoms with E-state index < -0.39 is 0 Å². The van der Waals surface area contributed by atoms with Crippen LogP contribution in [0.1, 0.15) is 17.4 Å². The Kier molecular flexibility index (Phi) is 1.21. The minimum atomic E-state index is 0.341. The lowest BCUT2D eigenvalue weighted by molar-refractivity contribution is 0.415. The second-order valence-electron chi connectivity index (χ2n) is 2.55. The van der Waals surface area contributed by atoms with E-state index in [1.807, 2.05) is 19.2 Å². The summed E-state index contributed by atoms with van der Waals surface area (Å²) in [6.07, 6.45) is 2.22. The van der Waals surface area contributed by atoms with Crippen molar-refractivity contribution in [1.82, 2.24) is 4.98 Å². The lowest BCUT2D eigenvalue weighted by Gasteiger charge is -1.93. The number of hydrogen-bond donors (Lipinski definition) is 0. The second kappa shape index (κ2) is 2.06. The molecule has 1 saturated heterocycles. The Hall–Kier alpha value is -0.890.